The normalized spacial score (nSPS) is 16.2. The van der Waals surface area contributed by atoms with E-state index in [9.17, 15) is 9.59 Å². The predicted molar refractivity (Wildman–Crippen MR) is 116 cm³/mol. The van der Waals surface area contributed by atoms with Crippen LogP contribution in [-0.2, 0) is 11.2 Å². The first-order valence-electron chi connectivity index (χ1n) is 9.56. The molecule has 0 bridgehead atoms. The summed E-state index contributed by atoms with van der Waals surface area (Å²) >= 11 is 0. The van der Waals surface area contributed by atoms with Crippen LogP contribution in [0, 0.1) is 0 Å². The quantitative estimate of drug-likeness (QED) is 0.588. The number of ketones is 1. The van der Waals surface area contributed by atoms with Crippen LogP contribution in [0.25, 0.3) is 5.70 Å². The van der Waals surface area contributed by atoms with Gasteiger partial charge in [-0.15, -0.1) is 0 Å². The third-order valence-corrected chi connectivity index (χ3v) is 4.74. The van der Waals surface area contributed by atoms with Crippen molar-refractivity contribution in [3.8, 4) is 5.75 Å². The maximum Gasteiger partial charge on any atom is 0.248 e. The lowest BCUT2D eigenvalue weighted by Gasteiger charge is -2.35. The molecule has 0 aromatic heterocycles. The molecule has 0 saturated heterocycles. The van der Waals surface area contributed by atoms with E-state index in [2.05, 4.69) is 30.5 Å². The first-order valence-corrected chi connectivity index (χ1v) is 9.56. The molecular weight excluding hydrogens is 364 g/mol. The lowest BCUT2D eigenvalue weighted by atomic mass is 9.85. The fourth-order valence-electron chi connectivity index (χ4n) is 3.42. The minimum Gasteiger partial charge on any atom is -0.497 e. The van der Waals surface area contributed by atoms with Crippen LogP contribution in [0.15, 0.2) is 60.7 Å². The number of anilines is 1. The summed E-state index contributed by atoms with van der Waals surface area (Å²) in [5, 5.41) is 6.22. The molecule has 5 heteroatoms. The highest BCUT2D eigenvalue weighted by atomic mass is 16.5. The SMILES string of the molecule is CC=CC(=O)Nc1ccc(C(=O)/C=C2\NC(C)(C)Cc3ccc(OC)cc32)cc1. The Balaban J connectivity index is 1.87. The van der Waals surface area contributed by atoms with E-state index in [0.29, 0.717) is 11.3 Å². The summed E-state index contributed by atoms with van der Waals surface area (Å²) in [6, 6.07) is 12.8. The van der Waals surface area contributed by atoms with Crippen molar-refractivity contribution < 1.29 is 14.3 Å². The molecule has 0 fully saturated rings. The maximum atomic E-state index is 12.9. The number of hydrogen-bond donors (Lipinski definition) is 2. The number of benzene rings is 2. The molecule has 0 spiro atoms. The van der Waals surface area contributed by atoms with Gasteiger partial charge in [-0.25, -0.2) is 0 Å². The summed E-state index contributed by atoms with van der Waals surface area (Å²) in [6.07, 6.45) is 5.61. The second-order valence-corrected chi connectivity index (χ2v) is 7.70. The molecule has 1 heterocycles. The van der Waals surface area contributed by atoms with E-state index in [1.165, 1.54) is 11.6 Å². The standard InChI is InChI=1S/C24H26N2O3/c1-5-6-23(28)25-18-10-7-16(8-11-18)22(27)14-21-20-13-19(29-4)12-9-17(20)15-24(2,3)26-21/h5-14,26H,15H2,1-4H3,(H,25,28)/b6-5?,21-14-. The first kappa shape index (κ1) is 20.4. The van der Waals surface area contributed by atoms with Crippen molar-refractivity contribution in [1.82, 2.24) is 5.32 Å². The highest BCUT2D eigenvalue weighted by molar-refractivity contribution is 6.09. The largest absolute Gasteiger partial charge is 0.497 e. The van der Waals surface area contributed by atoms with Gasteiger partial charge in [0.25, 0.3) is 0 Å². The number of fused-ring (bicyclic) bond motifs is 1. The van der Waals surface area contributed by atoms with Gasteiger partial charge in [0.15, 0.2) is 5.78 Å². The van der Waals surface area contributed by atoms with Crippen molar-refractivity contribution in [2.75, 3.05) is 12.4 Å². The Bertz CT molecular complexity index is 986. The van der Waals surface area contributed by atoms with E-state index in [1.54, 1.807) is 50.5 Å². The molecule has 0 radical (unpaired) electrons. The summed E-state index contributed by atoms with van der Waals surface area (Å²) in [5.74, 6) is 0.447. The fourth-order valence-corrected chi connectivity index (χ4v) is 3.42. The molecule has 0 saturated carbocycles. The minimum atomic E-state index is -0.201. The number of nitrogens with one attached hydrogen (secondary N) is 2. The molecule has 2 aromatic rings. The molecule has 0 aliphatic carbocycles. The Kier molecular flexibility index (Phi) is 5.87. The molecule has 2 aromatic carbocycles. The molecule has 5 nitrogen and oxygen atoms in total. The first-order chi connectivity index (χ1) is 13.8. The van der Waals surface area contributed by atoms with Gasteiger partial charge < -0.3 is 15.4 Å². The predicted octanol–water partition coefficient (Wildman–Crippen LogP) is 4.36. The van der Waals surface area contributed by atoms with Crippen LogP contribution in [0.2, 0.25) is 0 Å². The summed E-state index contributed by atoms with van der Waals surface area (Å²) < 4.78 is 5.35. The van der Waals surface area contributed by atoms with Gasteiger partial charge in [-0.2, -0.15) is 0 Å². The number of amides is 1. The smallest absolute Gasteiger partial charge is 0.248 e. The van der Waals surface area contributed by atoms with E-state index < -0.39 is 0 Å². The van der Waals surface area contributed by atoms with E-state index in [4.69, 9.17) is 4.74 Å². The van der Waals surface area contributed by atoms with Gasteiger partial charge in [0.2, 0.25) is 5.91 Å². The molecular formula is C24H26N2O3. The van der Waals surface area contributed by atoms with Crippen molar-refractivity contribution in [1.29, 1.82) is 0 Å². The Morgan fingerprint density at radius 2 is 1.86 bits per heavy atom. The zero-order valence-electron chi connectivity index (χ0n) is 17.2. The van der Waals surface area contributed by atoms with E-state index in [-0.39, 0.29) is 17.2 Å². The Morgan fingerprint density at radius 3 is 2.52 bits per heavy atom. The maximum absolute atomic E-state index is 12.9. The number of ether oxygens (including phenoxy) is 1. The average molecular weight is 390 g/mol. The number of methoxy groups -OCH3 is 1. The molecule has 150 valence electrons. The van der Waals surface area contributed by atoms with Crippen LogP contribution >= 0.6 is 0 Å². The van der Waals surface area contributed by atoms with E-state index >= 15 is 0 Å². The summed E-state index contributed by atoms with van der Waals surface area (Å²) in [6.45, 7) is 6.00. The van der Waals surface area contributed by atoms with Crippen molar-refractivity contribution in [2.45, 2.75) is 32.7 Å². The molecule has 1 aliphatic rings. The zero-order valence-corrected chi connectivity index (χ0v) is 17.2. The molecule has 0 unspecified atom stereocenters. The van der Waals surface area contributed by atoms with Gasteiger partial charge >= 0.3 is 0 Å². The van der Waals surface area contributed by atoms with Gasteiger partial charge in [-0.05, 0) is 75.2 Å². The topological polar surface area (TPSA) is 67.4 Å². The number of hydrogen-bond acceptors (Lipinski definition) is 4. The molecule has 2 N–H and O–H groups in total. The number of rotatable bonds is 5. The van der Waals surface area contributed by atoms with E-state index in [1.807, 2.05) is 12.1 Å². The third kappa shape index (κ3) is 4.93. The van der Waals surface area contributed by atoms with Gasteiger partial charge in [-0.3, -0.25) is 9.59 Å². The molecule has 29 heavy (non-hydrogen) atoms. The molecule has 3 rings (SSSR count). The third-order valence-electron chi connectivity index (χ3n) is 4.74. The zero-order chi connectivity index (χ0) is 21.0. The Hall–Kier alpha value is -3.34. The van der Waals surface area contributed by atoms with Crippen LogP contribution < -0.4 is 15.4 Å². The van der Waals surface area contributed by atoms with Gasteiger partial charge in [0, 0.05) is 34.1 Å². The number of carbonyl (C=O) groups is 2. The highest BCUT2D eigenvalue weighted by Crippen LogP contribution is 2.32. The lowest BCUT2D eigenvalue weighted by Crippen LogP contribution is -2.43. The highest BCUT2D eigenvalue weighted by Gasteiger charge is 2.28. The molecule has 1 amide bonds. The van der Waals surface area contributed by atoms with Crippen molar-refractivity contribution in [3.05, 3.63) is 77.4 Å². The second kappa shape index (κ2) is 8.35. The van der Waals surface area contributed by atoms with Crippen molar-refractivity contribution in [3.63, 3.8) is 0 Å². The summed E-state index contributed by atoms with van der Waals surface area (Å²) in [5.41, 5.74) is 3.98. The monoisotopic (exact) mass is 390 g/mol. The van der Waals surface area contributed by atoms with Gasteiger partial charge in [0.1, 0.15) is 5.75 Å². The Morgan fingerprint density at radius 1 is 1.14 bits per heavy atom. The van der Waals surface area contributed by atoms with Crippen molar-refractivity contribution in [2.24, 2.45) is 0 Å². The van der Waals surface area contributed by atoms with Crippen LogP contribution in [-0.4, -0.2) is 24.3 Å². The van der Waals surface area contributed by atoms with E-state index in [0.717, 1.165) is 23.4 Å². The van der Waals surface area contributed by atoms with Crippen LogP contribution in [0.3, 0.4) is 0 Å². The molecule has 0 atom stereocenters. The summed E-state index contributed by atoms with van der Waals surface area (Å²) in [4.78, 5) is 24.5. The Labute approximate surface area is 171 Å². The van der Waals surface area contributed by atoms with Gasteiger partial charge in [-0.1, -0.05) is 12.1 Å². The summed E-state index contributed by atoms with van der Waals surface area (Å²) in [7, 11) is 1.63. The second-order valence-electron chi connectivity index (χ2n) is 7.70. The van der Waals surface area contributed by atoms with Crippen LogP contribution in [0.1, 0.15) is 42.3 Å². The number of carbonyl (C=O) groups excluding carboxylic acids is 2. The van der Waals surface area contributed by atoms with Crippen LogP contribution in [0.5, 0.6) is 5.75 Å². The van der Waals surface area contributed by atoms with Crippen molar-refractivity contribution >= 4 is 23.1 Å². The lowest BCUT2D eigenvalue weighted by molar-refractivity contribution is -0.111. The average Bonchev–Trinajstić information content (AvgIpc) is 2.67. The van der Waals surface area contributed by atoms with Crippen LogP contribution in [0.4, 0.5) is 5.69 Å². The number of allylic oxidation sites excluding steroid dienone is 2. The van der Waals surface area contributed by atoms with Gasteiger partial charge in [0.05, 0.1) is 7.11 Å². The minimum absolute atomic E-state index is 0.106. The molecule has 1 aliphatic heterocycles. The fraction of sp³-hybridized carbons (Fsp3) is 0.250.